The Hall–Kier alpha value is -4.25. The number of nitrogens with zero attached hydrogens (tertiary/aromatic N) is 2. The predicted octanol–water partition coefficient (Wildman–Crippen LogP) is 9.37. The molecular weight excluding hydrogens is 469 g/mol. The van der Waals surface area contributed by atoms with Crippen LogP contribution in [0.25, 0.3) is 21.9 Å². The Morgan fingerprint density at radius 3 is 1.89 bits per heavy atom. The third kappa shape index (κ3) is 4.90. The van der Waals surface area contributed by atoms with E-state index in [4.69, 9.17) is 0 Å². The van der Waals surface area contributed by atoms with Crippen molar-refractivity contribution in [3.05, 3.63) is 120 Å². The fraction of sp³-hybridized carbons (Fsp3) is 0.125. The molecule has 5 heteroatoms. The van der Waals surface area contributed by atoms with Gasteiger partial charge < -0.3 is 9.80 Å². The maximum absolute atomic E-state index is 13.3. The lowest BCUT2D eigenvalue weighted by atomic mass is 9.96. The Morgan fingerprint density at radius 1 is 0.568 bits per heavy atom. The fourth-order valence-corrected chi connectivity index (χ4v) is 4.71. The summed E-state index contributed by atoms with van der Waals surface area (Å²) in [5, 5.41) is 2.01. The van der Waals surface area contributed by atoms with Gasteiger partial charge in [0.15, 0.2) is 0 Å². The second-order valence-corrected chi connectivity index (χ2v) is 9.23. The Kier molecular flexibility index (Phi) is 6.38. The molecule has 0 aliphatic rings. The highest BCUT2D eigenvalue weighted by Crippen LogP contribution is 2.39. The molecule has 0 spiro atoms. The third-order valence-corrected chi connectivity index (χ3v) is 6.78. The second-order valence-electron chi connectivity index (χ2n) is 9.23. The van der Waals surface area contributed by atoms with Crippen molar-refractivity contribution in [3.8, 4) is 11.1 Å². The summed E-state index contributed by atoms with van der Waals surface area (Å²) in [5.41, 5.74) is 6.23. The van der Waals surface area contributed by atoms with E-state index in [0.29, 0.717) is 5.69 Å². The van der Waals surface area contributed by atoms with E-state index in [9.17, 15) is 13.2 Å². The highest BCUT2D eigenvalue weighted by molar-refractivity contribution is 6.04. The molecule has 5 aromatic carbocycles. The van der Waals surface area contributed by atoms with Crippen molar-refractivity contribution >= 4 is 33.5 Å². The van der Waals surface area contributed by atoms with Gasteiger partial charge in [0.2, 0.25) is 0 Å². The largest absolute Gasteiger partial charge is 0.416 e. The van der Waals surface area contributed by atoms with Crippen LogP contribution in [0.1, 0.15) is 11.1 Å². The molecule has 0 aromatic heterocycles. The summed E-state index contributed by atoms with van der Waals surface area (Å²) in [5.74, 6) is 0. The van der Waals surface area contributed by atoms with Crippen molar-refractivity contribution in [1.29, 1.82) is 0 Å². The molecule has 0 aliphatic carbocycles. The molecule has 0 saturated heterocycles. The molecular formula is C32H27F3N2. The standard InChI is InChI=1S/C32H27F3N2/c1-22-8-6-10-26(20-22)36(2)25-16-14-23(15-17-25)28-18-19-31(30-13-5-4-12-29(28)30)37(3)27-11-7-9-24(21-27)32(33,34)35/h4-21H,1-3H3. The van der Waals surface area contributed by atoms with Crippen molar-refractivity contribution in [2.24, 2.45) is 0 Å². The first-order chi connectivity index (χ1) is 17.7. The summed E-state index contributed by atoms with van der Waals surface area (Å²) in [7, 11) is 3.85. The molecule has 0 atom stereocenters. The molecule has 5 aromatic rings. The first-order valence-corrected chi connectivity index (χ1v) is 12.1. The van der Waals surface area contributed by atoms with E-state index in [0.717, 1.165) is 45.0 Å². The van der Waals surface area contributed by atoms with Crippen LogP contribution in [0.4, 0.5) is 35.9 Å². The Balaban J connectivity index is 1.51. The summed E-state index contributed by atoms with van der Waals surface area (Å²) < 4.78 is 39.9. The first-order valence-electron chi connectivity index (χ1n) is 12.1. The Morgan fingerprint density at radius 2 is 1.22 bits per heavy atom. The van der Waals surface area contributed by atoms with Crippen molar-refractivity contribution in [1.82, 2.24) is 0 Å². The van der Waals surface area contributed by atoms with Gasteiger partial charge in [0, 0.05) is 42.2 Å². The van der Waals surface area contributed by atoms with Gasteiger partial charge in [0.05, 0.1) is 5.56 Å². The van der Waals surface area contributed by atoms with E-state index < -0.39 is 11.7 Å². The minimum atomic E-state index is -4.39. The van der Waals surface area contributed by atoms with E-state index in [1.165, 1.54) is 17.7 Å². The van der Waals surface area contributed by atoms with Crippen molar-refractivity contribution in [2.75, 3.05) is 23.9 Å². The van der Waals surface area contributed by atoms with Crippen LogP contribution in [-0.2, 0) is 6.18 Å². The van der Waals surface area contributed by atoms with Crippen LogP contribution in [-0.4, -0.2) is 14.1 Å². The van der Waals surface area contributed by atoms with E-state index in [2.05, 4.69) is 73.5 Å². The normalized spacial score (nSPS) is 11.5. The smallest absolute Gasteiger partial charge is 0.345 e. The lowest BCUT2D eigenvalue weighted by molar-refractivity contribution is -0.137. The van der Waals surface area contributed by atoms with Gasteiger partial charge >= 0.3 is 6.18 Å². The van der Waals surface area contributed by atoms with Gasteiger partial charge in [-0.3, -0.25) is 0 Å². The summed E-state index contributed by atoms with van der Waals surface area (Å²) in [6.45, 7) is 2.08. The average molecular weight is 497 g/mol. The molecule has 0 unspecified atom stereocenters. The van der Waals surface area contributed by atoms with Crippen LogP contribution in [0.2, 0.25) is 0 Å². The van der Waals surface area contributed by atoms with Gasteiger partial charge in [-0.1, -0.05) is 60.7 Å². The number of anilines is 4. The summed E-state index contributed by atoms with van der Waals surface area (Å²) >= 11 is 0. The van der Waals surface area contributed by atoms with Gasteiger partial charge in [-0.05, 0) is 77.5 Å². The number of aryl methyl sites for hydroxylation is 1. The number of halogens is 3. The number of rotatable bonds is 5. The van der Waals surface area contributed by atoms with Crippen molar-refractivity contribution < 1.29 is 13.2 Å². The molecule has 0 fully saturated rings. The highest BCUT2D eigenvalue weighted by Gasteiger charge is 2.30. The summed E-state index contributed by atoms with van der Waals surface area (Å²) in [6.07, 6.45) is -4.39. The zero-order chi connectivity index (χ0) is 26.2. The van der Waals surface area contributed by atoms with Gasteiger partial charge in [-0.15, -0.1) is 0 Å². The number of fused-ring (bicyclic) bond motifs is 1. The van der Waals surface area contributed by atoms with Crippen LogP contribution in [0.15, 0.2) is 109 Å². The minimum Gasteiger partial charge on any atom is -0.345 e. The quantitative estimate of drug-likeness (QED) is 0.239. The molecule has 0 bridgehead atoms. The van der Waals surface area contributed by atoms with E-state index in [-0.39, 0.29) is 0 Å². The Labute approximate surface area is 215 Å². The Bertz CT molecular complexity index is 1560. The lowest BCUT2D eigenvalue weighted by Crippen LogP contribution is -2.12. The number of benzene rings is 5. The SMILES string of the molecule is Cc1cccc(N(C)c2ccc(-c3ccc(N(C)c4cccc(C(F)(F)F)c4)c4ccccc34)cc2)c1. The average Bonchev–Trinajstić information content (AvgIpc) is 2.91. The predicted molar refractivity (Wildman–Crippen MR) is 148 cm³/mol. The molecule has 0 saturated carbocycles. The third-order valence-electron chi connectivity index (χ3n) is 6.78. The van der Waals surface area contributed by atoms with Crippen LogP contribution >= 0.6 is 0 Å². The first kappa shape index (κ1) is 24.4. The number of hydrogen-bond donors (Lipinski definition) is 0. The van der Waals surface area contributed by atoms with Gasteiger partial charge in [-0.2, -0.15) is 13.2 Å². The van der Waals surface area contributed by atoms with Crippen molar-refractivity contribution in [3.63, 3.8) is 0 Å². The number of alkyl halides is 3. The van der Waals surface area contributed by atoms with E-state index >= 15 is 0 Å². The summed E-state index contributed by atoms with van der Waals surface area (Å²) in [6, 6.07) is 34.3. The monoisotopic (exact) mass is 496 g/mol. The topological polar surface area (TPSA) is 6.48 Å². The molecule has 0 aliphatic heterocycles. The maximum atomic E-state index is 13.3. The molecule has 0 amide bonds. The molecule has 37 heavy (non-hydrogen) atoms. The zero-order valence-electron chi connectivity index (χ0n) is 20.9. The zero-order valence-corrected chi connectivity index (χ0v) is 20.9. The minimum absolute atomic E-state index is 0.483. The van der Waals surface area contributed by atoms with Gasteiger partial charge in [0.25, 0.3) is 0 Å². The van der Waals surface area contributed by atoms with E-state index in [1.54, 1.807) is 18.0 Å². The van der Waals surface area contributed by atoms with Crippen molar-refractivity contribution in [2.45, 2.75) is 13.1 Å². The molecule has 0 N–H and O–H groups in total. The van der Waals surface area contributed by atoms with Crippen LogP contribution in [0.3, 0.4) is 0 Å². The van der Waals surface area contributed by atoms with Crippen LogP contribution < -0.4 is 9.80 Å². The van der Waals surface area contributed by atoms with Crippen LogP contribution in [0, 0.1) is 6.92 Å². The molecule has 0 radical (unpaired) electrons. The van der Waals surface area contributed by atoms with Gasteiger partial charge in [0.1, 0.15) is 0 Å². The molecule has 186 valence electrons. The van der Waals surface area contributed by atoms with E-state index in [1.807, 2.05) is 30.3 Å². The molecule has 5 rings (SSSR count). The highest BCUT2D eigenvalue weighted by atomic mass is 19.4. The van der Waals surface area contributed by atoms with Gasteiger partial charge in [-0.25, -0.2) is 0 Å². The molecule has 0 heterocycles. The number of hydrogen-bond acceptors (Lipinski definition) is 2. The fourth-order valence-electron chi connectivity index (χ4n) is 4.71. The lowest BCUT2D eigenvalue weighted by Gasteiger charge is -2.24. The van der Waals surface area contributed by atoms with Crippen LogP contribution in [0.5, 0.6) is 0 Å². The maximum Gasteiger partial charge on any atom is 0.416 e. The molecule has 2 nitrogen and oxygen atoms in total. The summed E-state index contributed by atoms with van der Waals surface area (Å²) in [4.78, 5) is 3.96. The second kappa shape index (κ2) is 9.66.